The third kappa shape index (κ3) is 67.7. The molecule has 0 radical (unpaired) electrons. The van der Waals surface area contributed by atoms with Crippen LogP contribution in [0.5, 0.6) is 0 Å². The first kappa shape index (κ1) is 78.0. The van der Waals surface area contributed by atoms with Crippen molar-refractivity contribution in [1.29, 1.82) is 0 Å². The van der Waals surface area contributed by atoms with Gasteiger partial charge in [0.25, 0.3) is 0 Å². The summed E-state index contributed by atoms with van der Waals surface area (Å²) in [5, 5.41) is 0. The van der Waals surface area contributed by atoms with Crippen molar-refractivity contribution in [2.45, 2.75) is 297 Å². The summed E-state index contributed by atoms with van der Waals surface area (Å²) in [6, 6.07) is 0. The molecule has 0 aliphatic heterocycles. The molecule has 0 aromatic heterocycles. The van der Waals surface area contributed by atoms with Crippen LogP contribution in [0, 0.1) is 0 Å². The zero-order valence-corrected chi connectivity index (χ0v) is 53.7. The van der Waals surface area contributed by atoms with Gasteiger partial charge in [-0.1, -0.05) is 288 Å². The summed E-state index contributed by atoms with van der Waals surface area (Å²) in [4.78, 5) is 38.4. The van der Waals surface area contributed by atoms with Gasteiger partial charge in [-0.3, -0.25) is 14.4 Å². The minimum Gasteiger partial charge on any atom is -0.462 e. The molecule has 0 rings (SSSR count). The topological polar surface area (TPSA) is 78.9 Å². The standard InChI is InChI=1S/C77H124O6/c1-4-7-10-13-16-19-22-25-28-31-33-35-37-38-40-41-43-46-49-52-55-58-61-64-67-70-76(79)82-73-74(72-81-75(78)69-66-63-60-57-54-51-48-45-30-27-24-21-18-15-12-9-6-3)83-77(80)71-68-65-62-59-56-53-50-47-44-42-39-36-34-32-29-26-23-20-17-14-11-8-5-2/h7-8,10-11,16-21,25-30,33-36,42,44,50,53,59,62,74H,4-6,9,12-15,22-24,31-32,37-41,43,45-49,51-52,54-58,60-61,63-73H2,1-3H3/b10-7-,11-8-,19-16-,20-17-,21-18-,28-25-,29-26-,30-27-,35-33-,36-34-,44-42-,53-50-,62-59-. The second-order valence-electron chi connectivity index (χ2n) is 22.0. The maximum atomic E-state index is 12.9. The summed E-state index contributed by atoms with van der Waals surface area (Å²) < 4.78 is 16.9. The third-order valence-electron chi connectivity index (χ3n) is 14.0. The van der Waals surface area contributed by atoms with Gasteiger partial charge in [-0.15, -0.1) is 0 Å². The molecule has 0 spiro atoms. The van der Waals surface area contributed by atoms with Crippen LogP contribution in [0.25, 0.3) is 0 Å². The first-order valence-electron chi connectivity index (χ1n) is 34.0. The summed E-state index contributed by atoms with van der Waals surface area (Å²) in [5.41, 5.74) is 0. The third-order valence-corrected chi connectivity index (χ3v) is 14.0. The predicted molar refractivity (Wildman–Crippen MR) is 362 cm³/mol. The fourth-order valence-corrected chi connectivity index (χ4v) is 8.98. The van der Waals surface area contributed by atoms with E-state index in [9.17, 15) is 14.4 Å². The van der Waals surface area contributed by atoms with Gasteiger partial charge in [-0.2, -0.15) is 0 Å². The Hall–Kier alpha value is -4.97. The van der Waals surface area contributed by atoms with Crippen LogP contribution in [0.2, 0.25) is 0 Å². The number of rotatable bonds is 60. The van der Waals surface area contributed by atoms with Gasteiger partial charge in [0.1, 0.15) is 13.2 Å². The largest absolute Gasteiger partial charge is 0.462 e. The Balaban J connectivity index is 4.49. The van der Waals surface area contributed by atoms with Crippen molar-refractivity contribution < 1.29 is 28.6 Å². The van der Waals surface area contributed by atoms with Crippen LogP contribution in [0.3, 0.4) is 0 Å². The monoisotopic (exact) mass is 1140 g/mol. The number of ether oxygens (including phenoxy) is 3. The lowest BCUT2D eigenvalue weighted by molar-refractivity contribution is -0.167. The van der Waals surface area contributed by atoms with Gasteiger partial charge in [0.05, 0.1) is 0 Å². The second kappa shape index (κ2) is 69.5. The molecule has 1 atom stereocenters. The molecule has 0 aliphatic carbocycles. The minimum absolute atomic E-state index is 0.110. The molecule has 0 saturated carbocycles. The van der Waals surface area contributed by atoms with Crippen LogP contribution in [-0.2, 0) is 28.6 Å². The Morgan fingerprint density at radius 3 is 0.771 bits per heavy atom. The Morgan fingerprint density at radius 1 is 0.253 bits per heavy atom. The average molecular weight is 1150 g/mol. The molecule has 0 heterocycles. The van der Waals surface area contributed by atoms with Gasteiger partial charge in [-0.25, -0.2) is 0 Å². The normalized spacial score (nSPS) is 13.1. The summed E-state index contributed by atoms with van der Waals surface area (Å²) in [7, 11) is 0. The number of carbonyl (C=O) groups is 3. The molecule has 0 bridgehead atoms. The molecule has 468 valence electrons. The number of allylic oxidation sites excluding steroid dienone is 26. The maximum Gasteiger partial charge on any atom is 0.306 e. The molecule has 0 amide bonds. The fraction of sp³-hybridized carbons (Fsp3) is 0.623. The maximum absolute atomic E-state index is 12.9. The van der Waals surface area contributed by atoms with Crippen molar-refractivity contribution in [1.82, 2.24) is 0 Å². The van der Waals surface area contributed by atoms with Crippen molar-refractivity contribution >= 4 is 17.9 Å². The lowest BCUT2D eigenvalue weighted by Gasteiger charge is -2.18. The van der Waals surface area contributed by atoms with E-state index in [0.717, 1.165) is 128 Å². The highest BCUT2D eigenvalue weighted by molar-refractivity contribution is 5.71. The molecular formula is C77H124O6. The molecule has 0 saturated heterocycles. The average Bonchev–Trinajstić information content (AvgIpc) is 3.49. The lowest BCUT2D eigenvalue weighted by atomic mass is 10.0. The molecule has 0 N–H and O–H groups in total. The van der Waals surface area contributed by atoms with Crippen LogP contribution in [-0.4, -0.2) is 37.2 Å². The number of hydrogen-bond donors (Lipinski definition) is 0. The molecule has 0 aliphatic rings. The highest BCUT2D eigenvalue weighted by atomic mass is 16.6. The van der Waals surface area contributed by atoms with Gasteiger partial charge >= 0.3 is 17.9 Å². The summed E-state index contributed by atoms with van der Waals surface area (Å²) in [6.07, 6.45) is 101. The Labute approximate surface area is 511 Å². The highest BCUT2D eigenvalue weighted by Crippen LogP contribution is 2.15. The Bertz CT molecular complexity index is 1840. The number of hydrogen-bond acceptors (Lipinski definition) is 6. The zero-order chi connectivity index (χ0) is 59.9. The van der Waals surface area contributed by atoms with Gasteiger partial charge in [0.2, 0.25) is 0 Å². The number of carbonyl (C=O) groups excluding carboxylic acids is 3. The SMILES string of the molecule is CC/C=C\C/C=C\C/C=C\C/C=C\C/C=C\C/C=C\C/C=C\CCCC(=O)OC(COC(=O)CCCCCCCCC/C=C\C/C=C\CCCCC)COC(=O)CCCCCCCCCCCCCC/C=C\C/C=C\C/C=C\C/C=C\CC. The summed E-state index contributed by atoms with van der Waals surface area (Å²) >= 11 is 0. The van der Waals surface area contributed by atoms with Crippen LogP contribution < -0.4 is 0 Å². The first-order chi connectivity index (χ1) is 41.0. The van der Waals surface area contributed by atoms with Crippen molar-refractivity contribution in [3.05, 3.63) is 158 Å². The minimum atomic E-state index is -0.822. The van der Waals surface area contributed by atoms with Crippen LogP contribution >= 0.6 is 0 Å². The molecule has 1 unspecified atom stereocenters. The first-order valence-corrected chi connectivity index (χ1v) is 34.0. The van der Waals surface area contributed by atoms with Crippen LogP contribution in [0.4, 0.5) is 0 Å². The van der Waals surface area contributed by atoms with Crippen molar-refractivity contribution in [3.8, 4) is 0 Å². The van der Waals surface area contributed by atoms with Crippen molar-refractivity contribution in [2.75, 3.05) is 13.2 Å². The van der Waals surface area contributed by atoms with E-state index < -0.39 is 6.10 Å². The smallest absolute Gasteiger partial charge is 0.306 e. The highest BCUT2D eigenvalue weighted by Gasteiger charge is 2.19. The lowest BCUT2D eigenvalue weighted by Crippen LogP contribution is -2.30. The van der Waals surface area contributed by atoms with E-state index in [4.69, 9.17) is 14.2 Å². The van der Waals surface area contributed by atoms with Crippen LogP contribution in [0.1, 0.15) is 290 Å². The van der Waals surface area contributed by atoms with E-state index in [0.29, 0.717) is 19.3 Å². The van der Waals surface area contributed by atoms with Gasteiger partial charge in [0, 0.05) is 19.3 Å². The molecule has 83 heavy (non-hydrogen) atoms. The van der Waals surface area contributed by atoms with Crippen molar-refractivity contribution in [3.63, 3.8) is 0 Å². The zero-order valence-electron chi connectivity index (χ0n) is 53.7. The fourth-order valence-electron chi connectivity index (χ4n) is 8.98. The predicted octanol–water partition coefficient (Wildman–Crippen LogP) is 23.7. The molecular weight excluding hydrogens is 1020 g/mol. The molecule has 6 heteroatoms. The number of esters is 3. The van der Waals surface area contributed by atoms with E-state index in [1.165, 1.54) is 116 Å². The van der Waals surface area contributed by atoms with E-state index >= 15 is 0 Å². The Kier molecular flexibility index (Phi) is 65.4. The van der Waals surface area contributed by atoms with E-state index in [1.807, 2.05) is 0 Å². The van der Waals surface area contributed by atoms with Crippen molar-refractivity contribution in [2.24, 2.45) is 0 Å². The van der Waals surface area contributed by atoms with E-state index in [-0.39, 0.29) is 37.5 Å². The second-order valence-corrected chi connectivity index (χ2v) is 22.0. The van der Waals surface area contributed by atoms with Gasteiger partial charge < -0.3 is 14.2 Å². The molecule has 0 aromatic rings. The van der Waals surface area contributed by atoms with Crippen LogP contribution in [0.15, 0.2) is 158 Å². The molecule has 6 nitrogen and oxygen atoms in total. The van der Waals surface area contributed by atoms with Gasteiger partial charge in [-0.05, 0) is 141 Å². The summed E-state index contributed by atoms with van der Waals surface area (Å²) in [5.74, 6) is -0.978. The quantitative estimate of drug-likeness (QED) is 0.0261. The molecule has 0 fully saturated rings. The summed E-state index contributed by atoms with van der Waals surface area (Å²) in [6.45, 7) is 6.35. The number of unbranched alkanes of at least 4 members (excludes halogenated alkanes) is 23. The Morgan fingerprint density at radius 2 is 0.482 bits per heavy atom. The van der Waals surface area contributed by atoms with E-state index in [2.05, 4.69) is 179 Å². The molecule has 0 aromatic carbocycles. The van der Waals surface area contributed by atoms with E-state index in [1.54, 1.807) is 0 Å². The van der Waals surface area contributed by atoms with Gasteiger partial charge in [0.15, 0.2) is 6.10 Å².